The molecule has 0 spiro atoms. The Morgan fingerprint density at radius 3 is 2.55 bits per heavy atom. The topological polar surface area (TPSA) is 44.1 Å². The zero-order valence-corrected chi connectivity index (χ0v) is 16.2. The van der Waals surface area contributed by atoms with Crippen molar-refractivity contribution in [2.24, 2.45) is 0 Å². The van der Waals surface area contributed by atoms with Gasteiger partial charge in [-0.1, -0.05) is 41.9 Å². The summed E-state index contributed by atoms with van der Waals surface area (Å²) in [7, 11) is 1.52. The van der Waals surface area contributed by atoms with Gasteiger partial charge in [-0.2, -0.15) is 0 Å². The maximum absolute atomic E-state index is 14.0. The highest BCUT2D eigenvalue weighted by Gasteiger charge is 2.13. The third kappa shape index (κ3) is 3.65. The van der Waals surface area contributed by atoms with Gasteiger partial charge in [-0.15, -0.1) is 0 Å². The quantitative estimate of drug-likeness (QED) is 0.458. The van der Waals surface area contributed by atoms with Crippen LogP contribution < -0.4 is 10.3 Å². The van der Waals surface area contributed by atoms with E-state index in [1.807, 2.05) is 6.07 Å². The Balaban J connectivity index is 1.95. The standard InChI is InChI=1S/C23H16ClFN2O2/c1-29-21-12-11-16(14-18(21)24)27-22(13-10-15-6-2-4-8-19(15)25)26-20-9-5-3-7-17(20)23(27)28/h2-14H,1H3. The van der Waals surface area contributed by atoms with E-state index in [1.165, 1.54) is 17.7 Å². The molecule has 0 unspecified atom stereocenters. The van der Waals surface area contributed by atoms with Crippen molar-refractivity contribution in [2.45, 2.75) is 0 Å². The maximum atomic E-state index is 14.0. The van der Waals surface area contributed by atoms with Crippen molar-refractivity contribution in [3.63, 3.8) is 0 Å². The Morgan fingerprint density at radius 2 is 1.79 bits per heavy atom. The molecule has 0 radical (unpaired) electrons. The van der Waals surface area contributed by atoms with Crippen molar-refractivity contribution < 1.29 is 9.13 Å². The lowest BCUT2D eigenvalue weighted by Gasteiger charge is -2.13. The van der Waals surface area contributed by atoms with E-state index in [1.54, 1.807) is 66.7 Å². The van der Waals surface area contributed by atoms with Gasteiger partial charge < -0.3 is 4.74 Å². The van der Waals surface area contributed by atoms with Crippen LogP contribution in [0.15, 0.2) is 71.5 Å². The number of rotatable bonds is 4. The lowest BCUT2D eigenvalue weighted by Crippen LogP contribution is -2.22. The van der Waals surface area contributed by atoms with Gasteiger partial charge >= 0.3 is 0 Å². The van der Waals surface area contributed by atoms with Crippen LogP contribution in [-0.2, 0) is 0 Å². The fourth-order valence-electron chi connectivity index (χ4n) is 3.08. The summed E-state index contributed by atoms with van der Waals surface area (Å²) in [5.74, 6) is 0.504. The first-order valence-corrected chi connectivity index (χ1v) is 9.24. The van der Waals surface area contributed by atoms with Gasteiger partial charge in [-0.25, -0.2) is 9.37 Å². The van der Waals surface area contributed by atoms with Crippen molar-refractivity contribution >= 4 is 34.7 Å². The summed E-state index contributed by atoms with van der Waals surface area (Å²) >= 11 is 6.27. The van der Waals surface area contributed by atoms with Crippen molar-refractivity contribution in [1.29, 1.82) is 0 Å². The molecule has 0 fully saturated rings. The first-order chi connectivity index (χ1) is 14.1. The minimum atomic E-state index is -0.356. The fraction of sp³-hybridized carbons (Fsp3) is 0.0435. The first-order valence-electron chi connectivity index (χ1n) is 8.87. The molecule has 0 saturated carbocycles. The van der Waals surface area contributed by atoms with Crippen LogP contribution in [-0.4, -0.2) is 16.7 Å². The molecule has 0 atom stereocenters. The van der Waals surface area contributed by atoms with Gasteiger partial charge in [-0.3, -0.25) is 9.36 Å². The average Bonchev–Trinajstić information content (AvgIpc) is 2.73. The summed E-state index contributed by atoms with van der Waals surface area (Å²) in [6.45, 7) is 0. The molecule has 0 aliphatic heterocycles. The van der Waals surface area contributed by atoms with Crippen molar-refractivity contribution in [2.75, 3.05) is 7.11 Å². The molecule has 0 aliphatic rings. The molecule has 0 amide bonds. The number of halogens is 2. The molecule has 0 bridgehead atoms. The molecule has 1 aromatic heterocycles. The van der Waals surface area contributed by atoms with Crippen LogP contribution in [0.1, 0.15) is 11.4 Å². The molecule has 0 aliphatic carbocycles. The van der Waals surface area contributed by atoms with E-state index in [9.17, 15) is 9.18 Å². The molecule has 3 aromatic carbocycles. The fourth-order valence-corrected chi connectivity index (χ4v) is 3.33. The van der Waals surface area contributed by atoms with Crippen LogP contribution in [0.4, 0.5) is 4.39 Å². The van der Waals surface area contributed by atoms with Crippen LogP contribution in [0.3, 0.4) is 0 Å². The number of hydrogen-bond donors (Lipinski definition) is 0. The predicted octanol–water partition coefficient (Wildman–Crippen LogP) is 5.36. The lowest BCUT2D eigenvalue weighted by molar-refractivity contribution is 0.415. The Labute approximate surface area is 171 Å². The Morgan fingerprint density at radius 1 is 1.03 bits per heavy atom. The number of benzene rings is 3. The molecular formula is C23H16ClFN2O2. The summed E-state index contributed by atoms with van der Waals surface area (Å²) in [6.07, 6.45) is 3.21. The Hall–Kier alpha value is -3.44. The lowest BCUT2D eigenvalue weighted by atomic mass is 10.2. The van der Waals surface area contributed by atoms with Crippen LogP contribution in [0.2, 0.25) is 5.02 Å². The van der Waals surface area contributed by atoms with Crippen molar-refractivity contribution in [3.8, 4) is 11.4 Å². The molecule has 1 heterocycles. The number of ether oxygens (including phenoxy) is 1. The van der Waals surface area contributed by atoms with E-state index in [4.69, 9.17) is 16.3 Å². The molecule has 29 heavy (non-hydrogen) atoms. The van der Waals surface area contributed by atoms with Crippen LogP contribution >= 0.6 is 11.6 Å². The zero-order valence-electron chi connectivity index (χ0n) is 15.5. The normalized spacial score (nSPS) is 11.3. The number of para-hydroxylation sites is 1. The molecule has 4 nitrogen and oxygen atoms in total. The minimum Gasteiger partial charge on any atom is -0.495 e. The summed E-state index contributed by atoms with van der Waals surface area (Å²) in [5, 5.41) is 0.844. The van der Waals surface area contributed by atoms with E-state index in [0.717, 1.165) is 0 Å². The molecule has 0 N–H and O–H groups in total. The summed E-state index contributed by atoms with van der Waals surface area (Å²) in [5.41, 5.74) is 1.24. The second kappa shape index (κ2) is 7.89. The highest BCUT2D eigenvalue weighted by molar-refractivity contribution is 6.32. The summed E-state index contributed by atoms with van der Waals surface area (Å²) in [4.78, 5) is 17.8. The van der Waals surface area contributed by atoms with E-state index in [0.29, 0.717) is 38.8 Å². The smallest absolute Gasteiger partial charge is 0.266 e. The van der Waals surface area contributed by atoms with E-state index >= 15 is 0 Å². The number of aromatic nitrogens is 2. The van der Waals surface area contributed by atoms with Gasteiger partial charge in [0, 0.05) is 5.56 Å². The van der Waals surface area contributed by atoms with Crippen LogP contribution in [0, 0.1) is 5.82 Å². The zero-order chi connectivity index (χ0) is 20.4. The van der Waals surface area contributed by atoms with Gasteiger partial charge in [-0.05, 0) is 48.6 Å². The van der Waals surface area contributed by atoms with E-state index in [-0.39, 0.29) is 11.4 Å². The molecular weight excluding hydrogens is 391 g/mol. The third-order valence-electron chi connectivity index (χ3n) is 4.51. The van der Waals surface area contributed by atoms with Gasteiger partial charge in [0.15, 0.2) is 0 Å². The van der Waals surface area contributed by atoms with Crippen LogP contribution in [0.5, 0.6) is 5.75 Å². The number of nitrogens with zero attached hydrogens (tertiary/aromatic N) is 2. The summed E-state index contributed by atoms with van der Waals surface area (Å²) < 4.78 is 20.7. The second-order valence-electron chi connectivity index (χ2n) is 6.30. The van der Waals surface area contributed by atoms with Crippen LogP contribution in [0.25, 0.3) is 28.7 Å². The van der Waals surface area contributed by atoms with Gasteiger partial charge in [0.2, 0.25) is 0 Å². The SMILES string of the molecule is COc1ccc(-n2c(C=Cc3ccccc3F)nc3ccccc3c2=O)cc1Cl. The van der Waals surface area contributed by atoms with Gasteiger partial charge in [0.1, 0.15) is 17.4 Å². The Bertz CT molecular complexity index is 1300. The average molecular weight is 407 g/mol. The molecule has 0 saturated heterocycles. The number of methoxy groups -OCH3 is 1. The second-order valence-corrected chi connectivity index (χ2v) is 6.71. The number of fused-ring (bicyclic) bond motifs is 1. The van der Waals surface area contributed by atoms with E-state index < -0.39 is 0 Å². The first kappa shape index (κ1) is 18.9. The Kier molecular flexibility index (Phi) is 5.14. The van der Waals surface area contributed by atoms with E-state index in [2.05, 4.69) is 4.98 Å². The third-order valence-corrected chi connectivity index (χ3v) is 4.81. The maximum Gasteiger partial charge on any atom is 0.266 e. The van der Waals surface area contributed by atoms with Gasteiger partial charge in [0.25, 0.3) is 5.56 Å². The minimum absolute atomic E-state index is 0.245. The monoisotopic (exact) mass is 406 g/mol. The van der Waals surface area contributed by atoms with Crippen molar-refractivity contribution in [3.05, 3.63) is 99.3 Å². The number of hydrogen-bond acceptors (Lipinski definition) is 3. The van der Waals surface area contributed by atoms with Crippen molar-refractivity contribution in [1.82, 2.24) is 9.55 Å². The van der Waals surface area contributed by atoms with Gasteiger partial charge in [0.05, 0.1) is 28.7 Å². The molecule has 6 heteroatoms. The highest BCUT2D eigenvalue weighted by Crippen LogP contribution is 2.27. The predicted molar refractivity (Wildman–Crippen MR) is 114 cm³/mol. The largest absolute Gasteiger partial charge is 0.495 e. The molecule has 4 aromatic rings. The molecule has 4 rings (SSSR count). The summed E-state index contributed by atoms with van der Waals surface area (Å²) in [6, 6.07) is 18.5. The highest BCUT2D eigenvalue weighted by atomic mass is 35.5. The molecule has 144 valence electrons.